The van der Waals surface area contributed by atoms with Crippen LogP contribution in [0.15, 0.2) is 6.07 Å². The Balaban J connectivity index is 1.68. The Labute approximate surface area is 112 Å². The minimum atomic E-state index is -0.341. The maximum Gasteiger partial charge on any atom is 0.358 e. The van der Waals surface area contributed by atoms with Crippen molar-refractivity contribution in [1.82, 2.24) is 10.2 Å². The first kappa shape index (κ1) is 11.5. The molecule has 0 amide bonds. The van der Waals surface area contributed by atoms with Crippen LogP contribution in [-0.2, 0) is 10.2 Å². The third kappa shape index (κ3) is 1.65. The molecule has 4 bridgehead atoms. The molecule has 5 rings (SSSR count). The maximum atomic E-state index is 11.5. The first-order valence-electron chi connectivity index (χ1n) is 7.33. The Morgan fingerprint density at radius 3 is 2.37 bits per heavy atom. The number of hydrogen-bond donors (Lipinski definition) is 1. The third-order valence-electron chi connectivity index (χ3n) is 5.58. The summed E-state index contributed by atoms with van der Waals surface area (Å²) in [4.78, 5) is 11.5. The summed E-state index contributed by atoms with van der Waals surface area (Å²) in [6.45, 7) is 0. The van der Waals surface area contributed by atoms with Crippen molar-refractivity contribution in [2.45, 2.75) is 43.9 Å². The Bertz CT molecular complexity index is 485. The molecule has 0 spiro atoms. The lowest BCUT2D eigenvalue weighted by molar-refractivity contribution is -0.00721. The second-order valence-corrected chi connectivity index (χ2v) is 6.86. The van der Waals surface area contributed by atoms with Gasteiger partial charge in [0.05, 0.1) is 7.11 Å². The summed E-state index contributed by atoms with van der Waals surface area (Å²) in [6.07, 6.45) is 8.12. The number of carbonyl (C=O) groups is 1. The fourth-order valence-electron chi connectivity index (χ4n) is 5.24. The molecule has 4 nitrogen and oxygen atoms in total. The molecule has 0 atom stereocenters. The summed E-state index contributed by atoms with van der Waals surface area (Å²) >= 11 is 0. The van der Waals surface area contributed by atoms with Gasteiger partial charge < -0.3 is 4.74 Å². The molecule has 0 saturated heterocycles. The number of nitrogens with one attached hydrogen (secondary N) is 1. The number of methoxy groups -OCH3 is 1. The number of H-pyrrole nitrogens is 1. The van der Waals surface area contributed by atoms with E-state index in [1.165, 1.54) is 51.3 Å². The highest BCUT2D eigenvalue weighted by molar-refractivity contribution is 5.87. The van der Waals surface area contributed by atoms with E-state index in [0.717, 1.165) is 17.8 Å². The summed E-state index contributed by atoms with van der Waals surface area (Å²) < 4.78 is 4.75. The zero-order valence-electron chi connectivity index (χ0n) is 11.3. The molecule has 1 aromatic heterocycles. The molecule has 0 radical (unpaired) electrons. The van der Waals surface area contributed by atoms with Crippen LogP contribution in [0.25, 0.3) is 0 Å². The van der Waals surface area contributed by atoms with E-state index in [1.54, 1.807) is 0 Å². The van der Waals surface area contributed by atoms with Crippen molar-refractivity contribution in [2.24, 2.45) is 17.8 Å². The molecular formula is C15H20N2O2. The summed E-state index contributed by atoms with van der Waals surface area (Å²) in [5.74, 6) is 2.36. The molecule has 0 unspecified atom stereocenters. The van der Waals surface area contributed by atoms with Gasteiger partial charge >= 0.3 is 5.97 Å². The topological polar surface area (TPSA) is 55.0 Å². The molecule has 4 heteroatoms. The van der Waals surface area contributed by atoms with Crippen LogP contribution < -0.4 is 0 Å². The van der Waals surface area contributed by atoms with Gasteiger partial charge in [-0.05, 0) is 62.3 Å². The van der Waals surface area contributed by atoms with Gasteiger partial charge in [-0.25, -0.2) is 4.79 Å². The highest BCUT2D eigenvalue weighted by atomic mass is 16.5. The first-order chi connectivity index (χ1) is 9.18. The smallest absolute Gasteiger partial charge is 0.358 e. The monoisotopic (exact) mass is 260 g/mol. The van der Waals surface area contributed by atoms with Gasteiger partial charge in [0, 0.05) is 11.1 Å². The zero-order chi connectivity index (χ0) is 13.0. The maximum absolute atomic E-state index is 11.5. The van der Waals surface area contributed by atoms with Crippen LogP contribution in [0.5, 0.6) is 0 Å². The minimum Gasteiger partial charge on any atom is -0.464 e. The normalized spacial score (nSPS) is 39.5. The molecule has 0 aliphatic heterocycles. The number of rotatable bonds is 2. The van der Waals surface area contributed by atoms with Gasteiger partial charge in [-0.1, -0.05) is 0 Å². The highest BCUT2D eigenvalue weighted by Gasteiger charge is 2.52. The minimum absolute atomic E-state index is 0.272. The summed E-state index contributed by atoms with van der Waals surface area (Å²) in [7, 11) is 1.40. The number of esters is 1. The molecule has 102 valence electrons. The zero-order valence-corrected chi connectivity index (χ0v) is 11.3. The van der Waals surface area contributed by atoms with Gasteiger partial charge in [0.15, 0.2) is 5.69 Å². The van der Waals surface area contributed by atoms with E-state index >= 15 is 0 Å². The molecule has 19 heavy (non-hydrogen) atoms. The van der Waals surface area contributed by atoms with Crippen molar-refractivity contribution in [3.05, 3.63) is 17.5 Å². The summed E-state index contributed by atoms with van der Waals surface area (Å²) in [5.41, 5.74) is 1.87. The SMILES string of the molecule is COC(=O)c1cc(C23CC4CC(CC(C4)C2)C3)[nH]n1. The Morgan fingerprint density at radius 2 is 1.84 bits per heavy atom. The molecule has 4 aliphatic rings. The fourth-order valence-corrected chi connectivity index (χ4v) is 5.24. The number of hydrogen-bond acceptors (Lipinski definition) is 3. The molecule has 0 aromatic carbocycles. The summed E-state index contributed by atoms with van der Waals surface area (Å²) in [6, 6.07) is 1.93. The van der Waals surface area contributed by atoms with Crippen molar-refractivity contribution in [1.29, 1.82) is 0 Å². The molecule has 1 heterocycles. The van der Waals surface area contributed by atoms with Crippen molar-refractivity contribution in [2.75, 3.05) is 7.11 Å². The van der Waals surface area contributed by atoms with Crippen molar-refractivity contribution in [3.63, 3.8) is 0 Å². The fraction of sp³-hybridized carbons (Fsp3) is 0.733. The molecule has 1 aromatic rings. The third-order valence-corrected chi connectivity index (χ3v) is 5.58. The van der Waals surface area contributed by atoms with Gasteiger partial charge in [-0.3, -0.25) is 5.10 Å². The van der Waals surface area contributed by atoms with Crippen LogP contribution in [0.3, 0.4) is 0 Å². The van der Waals surface area contributed by atoms with Crippen LogP contribution >= 0.6 is 0 Å². The lowest BCUT2D eigenvalue weighted by atomic mass is 9.49. The number of aromatic amines is 1. The summed E-state index contributed by atoms with van der Waals surface area (Å²) in [5, 5.41) is 7.27. The van der Waals surface area contributed by atoms with Crippen molar-refractivity contribution >= 4 is 5.97 Å². The lowest BCUT2D eigenvalue weighted by Gasteiger charge is -2.56. The molecule has 4 saturated carbocycles. The van der Waals surface area contributed by atoms with Crippen LogP contribution in [0.1, 0.15) is 54.7 Å². The highest BCUT2D eigenvalue weighted by Crippen LogP contribution is 2.60. The van der Waals surface area contributed by atoms with Crippen LogP contribution in [0.4, 0.5) is 0 Å². The predicted octanol–water partition coefficient (Wildman–Crippen LogP) is 2.66. The number of nitrogens with zero attached hydrogens (tertiary/aromatic N) is 1. The number of carbonyl (C=O) groups excluding carboxylic acids is 1. The average Bonchev–Trinajstić information content (AvgIpc) is 2.86. The van der Waals surface area contributed by atoms with E-state index in [1.807, 2.05) is 6.07 Å². The number of ether oxygens (including phenoxy) is 1. The van der Waals surface area contributed by atoms with E-state index in [2.05, 4.69) is 10.2 Å². The van der Waals surface area contributed by atoms with Crippen molar-refractivity contribution < 1.29 is 9.53 Å². The quantitative estimate of drug-likeness (QED) is 0.832. The lowest BCUT2D eigenvalue weighted by Crippen LogP contribution is -2.48. The van der Waals surface area contributed by atoms with Crippen LogP contribution in [-0.4, -0.2) is 23.3 Å². The number of aromatic nitrogens is 2. The molecular weight excluding hydrogens is 240 g/mol. The Kier molecular flexibility index (Phi) is 2.32. The molecule has 4 aliphatic carbocycles. The van der Waals surface area contributed by atoms with Gasteiger partial charge in [-0.15, -0.1) is 0 Å². The molecule has 1 N–H and O–H groups in total. The second-order valence-electron chi connectivity index (χ2n) is 6.86. The van der Waals surface area contributed by atoms with Crippen LogP contribution in [0.2, 0.25) is 0 Å². The second kappa shape index (κ2) is 3.84. The van der Waals surface area contributed by atoms with Crippen molar-refractivity contribution in [3.8, 4) is 0 Å². The van der Waals surface area contributed by atoms with E-state index in [9.17, 15) is 4.79 Å². The van der Waals surface area contributed by atoms with Gasteiger partial charge in [0.2, 0.25) is 0 Å². The van der Waals surface area contributed by atoms with Gasteiger partial charge in [0.25, 0.3) is 0 Å². The van der Waals surface area contributed by atoms with E-state index in [0.29, 0.717) is 5.69 Å². The predicted molar refractivity (Wildman–Crippen MR) is 69.8 cm³/mol. The Hall–Kier alpha value is -1.32. The van der Waals surface area contributed by atoms with Gasteiger partial charge in [0.1, 0.15) is 0 Å². The van der Waals surface area contributed by atoms with Gasteiger partial charge in [-0.2, -0.15) is 5.10 Å². The van der Waals surface area contributed by atoms with E-state index in [4.69, 9.17) is 4.74 Å². The Morgan fingerprint density at radius 1 is 1.26 bits per heavy atom. The van der Waals surface area contributed by atoms with E-state index in [-0.39, 0.29) is 11.4 Å². The van der Waals surface area contributed by atoms with E-state index < -0.39 is 0 Å². The standard InChI is InChI=1S/C15H20N2O2/c1-19-14(18)12-5-13(17-16-12)15-6-9-2-10(7-15)4-11(3-9)8-15/h5,9-11H,2-4,6-8H2,1H3,(H,16,17). The van der Waals surface area contributed by atoms with Crippen LogP contribution in [0, 0.1) is 17.8 Å². The first-order valence-corrected chi connectivity index (χ1v) is 7.33. The molecule has 4 fully saturated rings. The largest absolute Gasteiger partial charge is 0.464 e. The average molecular weight is 260 g/mol.